The van der Waals surface area contributed by atoms with Gasteiger partial charge in [0.2, 0.25) is 45.7 Å². The van der Waals surface area contributed by atoms with E-state index in [0.29, 0.717) is 43.7 Å². The Morgan fingerprint density at radius 2 is 0.888 bits per heavy atom. The lowest BCUT2D eigenvalue weighted by Gasteiger charge is -2.44. The zero-order valence-electron chi connectivity index (χ0n) is 61.6. The molecule has 107 heavy (non-hydrogen) atoms. The van der Waals surface area contributed by atoms with Crippen molar-refractivity contribution in [3.05, 3.63) is 41.7 Å². The molecule has 1 aromatic heterocycles. The Labute approximate surface area is 621 Å². The minimum Gasteiger partial charge on any atom is -0.481 e. The number of aromatic nitrogens is 3. The van der Waals surface area contributed by atoms with Crippen molar-refractivity contribution in [1.82, 2.24) is 66.9 Å². The van der Waals surface area contributed by atoms with E-state index in [1.165, 1.54) is 28.1 Å². The fourth-order valence-corrected chi connectivity index (χ4v) is 21.4. The van der Waals surface area contributed by atoms with Gasteiger partial charge in [0.05, 0.1) is 44.4 Å². The van der Waals surface area contributed by atoms with Gasteiger partial charge in [0.1, 0.15) is 29.9 Å². The SMILES string of the molecule is CC(C)(C)[Si](F)(c1ccc(C(=O)NC[C@@H](C(=O)N[C@H](CCCCNC(=O)CCCCCCC(=O)NCCCC[C@H](NC(=O)N[C@@H](CCC(=O)O)C(=O)O)C(=O)O)C(=O)O)n2cc(CNC(=O)CCP(=O)(O)CN3CCN(CP(=O)(O)CCC(=O)O)CCN(CP(=O)(O)CCC(=O)O)CC3)nn2)cc1)C(C)(C)C. The maximum absolute atomic E-state index is 17.2. The largest absolute Gasteiger partial charge is 0.481 e. The summed E-state index contributed by atoms with van der Waals surface area (Å²) >= 11 is 0. The first-order valence-electron chi connectivity index (χ1n) is 35.4. The van der Waals surface area contributed by atoms with Crippen LogP contribution in [0.15, 0.2) is 30.5 Å². The number of nitrogens with one attached hydrogen (secondary N) is 7. The minimum absolute atomic E-state index is 0.0387. The van der Waals surface area contributed by atoms with E-state index in [9.17, 15) is 101 Å². The van der Waals surface area contributed by atoms with E-state index in [4.69, 9.17) is 15.3 Å². The molecule has 1 aliphatic rings. The molecule has 1 saturated heterocycles. The first-order valence-corrected chi connectivity index (χ1v) is 43.4. The number of hydrogen-bond acceptors (Lipinski definition) is 20. The number of rotatable bonds is 49. The lowest BCUT2D eigenvalue weighted by atomic mass is 10.1. The molecule has 1 aromatic carbocycles. The zero-order valence-corrected chi connectivity index (χ0v) is 65.3. The summed E-state index contributed by atoms with van der Waals surface area (Å²) in [6.45, 7) is 10.9. The molecule has 0 radical (unpaired) electrons. The number of carboxylic acid groups (broad SMARTS) is 6. The Bertz CT molecular complexity index is 3420. The van der Waals surface area contributed by atoms with E-state index < -0.39 is 200 Å². The highest BCUT2D eigenvalue weighted by atomic mass is 31.2. The first-order chi connectivity index (χ1) is 49.8. The second kappa shape index (κ2) is 44.8. The first kappa shape index (κ1) is 93.6. The van der Waals surface area contributed by atoms with Crippen LogP contribution in [0.25, 0.3) is 0 Å². The van der Waals surface area contributed by atoms with Crippen molar-refractivity contribution < 1.29 is 121 Å². The van der Waals surface area contributed by atoms with E-state index in [1.54, 1.807) is 17.0 Å². The van der Waals surface area contributed by atoms with Gasteiger partial charge in [-0.1, -0.05) is 71.7 Å². The summed E-state index contributed by atoms with van der Waals surface area (Å²) in [6.07, 6.45) is -0.590. The maximum atomic E-state index is 17.2. The molecular weight excluding hydrogens is 1490 g/mol. The number of urea groups is 1. The highest BCUT2D eigenvalue weighted by molar-refractivity contribution is 7.58. The third-order valence-electron chi connectivity index (χ3n) is 17.7. The summed E-state index contributed by atoms with van der Waals surface area (Å²) in [5.41, 5.74) is 0.182. The lowest BCUT2D eigenvalue weighted by Crippen LogP contribution is -2.57. The van der Waals surface area contributed by atoms with E-state index >= 15 is 4.11 Å². The summed E-state index contributed by atoms with van der Waals surface area (Å²) in [5.74, 6) is -10.9. The average Bonchev–Trinajstić information content (AvgIpc) is 1.30. The number of carboxylic acids is 6. The van der Waals surface area contributed by atoms with Crippen LogP contribution in [0.1, 0.15) is 173 Å². The number of unbranched alkanes of at least 4 members (excludes halogenated alkanes) is 5. The van der Waals surface area contributed by atoms with Crippen LogP contribution in [-0.4, -0.2) is 269 Å². The molecule has 2 heterocycles. The van der Waals surface area contributed by atoms with Crippen molar-refractivity contribution in [2.45, 2.75) is 191 Å². The summed E-state index contributed by atoms with van der Waals surface area (Å²) in [7, 11) is -16.0. The Balaban J connectivity index is 1.60. The second-order valence-corrected chi connectivity index (χ2v) is 41.0. The smallest absolute Gasteiger partial charge is 0.326 e. The Morgan fingerprint density at radius 1 is 0.495 bits per heavy atom. The number of nitrogens with zero attached hydrogens (tertiary/aromatic N) is 6. The average molecular weight is 1600 g/mol. The number of carbonyl (C=O) groups excluding carboxylic acids is 6. The molecule has 0 saturated carbocycles. The van der Waals surface area contributed by atoms with Crippen molar-refractivity contribution in [1.29, 1.82) is 0 Å². The Kier molecular flexibility index (Phi) is 39.2. The molecule has 0 spiro atoms. The van der Waals surface area contributed by atoms with Gasteiger partial charge in [-0.15, -0.1) is 5.10 Å². The number of carbonyl (C=O) groups is 12. The van der Waals surface area contributed by atoms with E-state index in [-0.39, 0.29) is 120 Å². The third-order valence-corrected chi connectivity index (χ3v) is 28.3. The van der Waals surface area contributed by atoms with Crippen LogP contribution in [-0.2, 0) is 68.2 Å². The zero-order chi connectivity index (χ0) is 80.5. The Hall–Kier alpha value is -7.60. The van der Waals surface area contributed by atoms with Crippen LogP contribution in [0.3, 0.4) is 0 Å². The van der Waals surface area contributed by atoms with Gasteiger partial charge in [-0.05, 0) is 85.2 Å². The van der Waals surface area contributed by atoms with Gasteiger partial charge in [-0.2, -0.15) is 0 Å². The molecule has 3 unspecified atom stereocenters. The predicted molar refractivity (Wildman–Crippen MR) is 391 cm³/mol. The summed E-state index contributed by atoms with van der Waals surface area (Å²) < 4.78 is 58.0. The molecule has 2 aromatic rings. The normalized spacial score (nSPS) is 16.4. The van der Waals surface area contributed by atoms with E-state index in [1.807, 2.05) is 41.5 Å². The monoisotopic (exact) mass is 1600 g/mol. The van der Waals surface area contributed by atoms with Crippen LogP contribution >= 0.6 is 22.1 Å². The maximum Gasteiger partial charge on any atom is 0.326 e. The number of hydrogen-bond donors (Lipinski definition) is 16. The highest BCUT2D eigenvalue weighted by Gasteiger charge is 2.56. The fraction of sp³-hybridized carbons (Fsp3) is 0.692. The third kappa shape index (κ3) is 36.0. The van der Waals surface area contributed by atoms with Gasteiger partial charge in [-0.3, -0.25) is 66.8 Å². The second-order valence-electron chi connectivity index (χ2n) is 28.8. The number of halogens is 1. The molecule has 3 rings (SSSR count). The van der Waals surface area contributed by atoms with Gasteiger partial charge < -0.3 is 86.6 Å². The van der Waals surface area contributed by atoms with Crippen molar-refractivity contribution in [3.63, 3.8) is 0 Å². The van der Waals surface area contributed by atoms with E-state index in [0.717, 1.165) is 4.68 Å². The van der Waals surface area contributed by atoms with Crippen LogP contribution in [0.4, 0.5) is 8.90 Å². The lowest BCUT2D eigenvalue weighted by molar-refractivity contribution is -0.142. The molecule has 7 amide bonds. The molecule has 604 valence electrons. The quantitative estimate of drug-likeness (QED) is 0.0196. The van der Waals surface area contributed by atoms with Gasteiger partial charge in [0, 0.05) is 109 Å². The molecule has 0 aliphatic carbocycles. The summed E-state index contributed by atoms with van der Waals surface area (Å²) in [6, 6.07) is -0.881. The summed E-state index contributed by atoms with van der Waals surface area (Å²) in [5, 5.41) is 80.7. The van der Waals surface area contributed by atoms with Crippen LogP contribution in [0.2, 0.25) is 10.1 Å². The Morgan fingerprint density at radius 3 is 1.29 bits per heavy atom. The number of benzene rings is 1. The minimum atomic E-state index is -4.19. The fourth-order valence-electron chi connectivity index (χ4n) is 12.0. The predicted octanol–water partition coefficient (Wildman–Crippen LogP) is 3.08. The molecule has 16 N–H and O–H groups in total. The van der Waals surface area contributed by atoms with Gasteiger partial charge in [0.25, 0.3) is 14.3 Å². The highest BCUT2D eigenvalue weighted by Crippen LogP contribution is 2.51. The van der Waals surface area contributed by atoms with Gasteiger partial charge >= 0.3 is 41.8 Å². The number of aliphatic carboxylic acids is 6. The summed E-state index contributed by atoms with van der Waals surface area (Å²) in [4.78, 5) is 185. The molecule has 0 bridgehead atoms. The molecule has 1 aliphatic heterocycles. The topological polar surface area (TPSA) is 563 Å². The standard InChI is InChI=1S/C65H109FN13O24P3Si/c1-64(2,3)107(66,65(4,5)6)47-21-19-45(20-22-47)58(89)70-40-51(59(90)71-48(60(91)92)15-11-13-28-67-52(80)17-9-7-8-10-18-53(81)68-29-14-12-16-49(61(93)94)72-63(97)73-50(62(95)96)23-24-55(83)84)79-41-46(74-75-79)39-69-54(82)25-36-104(98,99)42-76-30-32-77(43-105(100,101)37-26-56(85)86)34-35-78(33-31-76)44-106(102,103)38-27-57(87)88/h19-22,41,48-51H,7-18,23-40,42-44H2,1-6H3,(H,67,80)(H,68,81)(H,69,82)(H,70,89)(H,71,90)(H,83,84)(H,85,86)(H,87,88)(H,91,92)(H,93,94)(H,95,96)(H,98,99)(H,100,101)(H,102,103)(H2,72,73,97)/t48-,49+,50+,51+/m1/s1. The van der Waals surface area contributed by atoms with Gasteiger partial charge in [-0.25, -0.2) is 23.9 Å². The molecular formula is C65H109FN13O24P3Si. The van der Waals surface area contributed by atoms with Crippen molar-refractivity contribution >= 4 is 107 Å². The molecule has 37 nitrogen and oxygen atoms in total. The van der Waals surface area contributed by atoms with Gasteiger partial charge in [0.15, 0.2) is 0 Å². The van der Waals surface area contributed by atoms with Crippen molar-refractivity contribution in [3.8, 4) is 0 Å². The van der Waals surface area contributed by atoms with Crippen molar-refractivity contribution in [2.75, 3.05) is 96.2 Å². The molecule has 42 heteroatoms. The molecule has 7 atom stereocenters. The molecule has 1 fully saturated rings. The number of amides is 7. The van der Waals surface area contributed by atoms with E-state index in [2.05, 4.69) is 47.5 Å². The van der Waals surface area contributed by atoms with Crippen LogP contribution < -0.4 is 42.4 Å². The van der Waals surface area contributed by atoms with Crippen LogP contribution in [0, 0.1) is 0 Å². The van der Waals surface area contributed by atoms with Crippen molar-refractivity contribution in [2.24, 2.45) is 0 Å². The van der Waals surface area contributed by atoms with Crippen LogP contribution in [0.5, 0.6) is 0 Å².